The quantitative estimate of drug-likeness (QED) is 0.746. The lowest BCUT2D eigenvalue weighted by Gasteiger charge is -2.11. The summed E-state index contributed by atoms with van der Waals surface area (Å²) in [6, 6.07) is 13.7. The second-order valence-electron chi connectivity index (χ2n) is 5.53. The minimum Gasteiger partial charge on any atom is -0.494 e. The Morgan fingerprint density at radius 2 is 1.90 bits per heavy atom. The van der Waals surface area contributed by atoms with Gasteiger partial charge in [-0.3, -0.25) is 0 Å². The van der Waals surface area contributed by atoms with Gasteiger partial charge < -0.3 is 14.9 Å². The summed E-state index contributed by atoms with van der Waals surface area (Å²) in [7, 11) is 1.65. The summed E-state index contributed by atoms with van der Waals surface area (Å²) in [4.78, 5) is 4.69. The number of benzene rings is 2. The van der Waals surface area contributed by atoms with E-state index in [0.29, 0.717) is 0 Å². The van der Waals surface area contributed by atoms with Gasteiger partial charge in [-0.1, -0.05) is 18.2 Å². The number of methoxy groups -OCH3 is 1. The Hall–Kier alpha value is -2.49. The Balaban J connectivity index is 1.84. The molecule has 0 saturated heterocycles. The zero-order chi connectivity index (χ0) is 14.4. The Kier molecular flexibility index (Phi) is 2.48. The van der Waals surface area contributed by atoms with Gasteiger partial charge in [-0.25, -0.2) is 4.98 Å². The van der Waals surface area contributed by atoms with Gasteiger partial charge in [-0.05, 0) is 42.7 Å². The molecule has 106 valence electrons. The van der Waals surface area contributed by atoms with Crippen molar-refractivity contribution in [3.8, 4) is 5.75 Å². The molecule has 0 bridgehead atoms. The zero-order valence-electron chi connectivity index (χ0n) is 11.8. The summed E-state index contributed by atoms with van der Waals surface area (Å²) in [6.45, 7) is 0. The highest BCUT2D eigenvalue weighted by atomic mass is 16.5. The van der Waals surface area contributed by atoms with Gasteiger partial charge in [-0.15, -0.1) is 0 Å². The number of hydrogen-bond acceptors (Lipinski definition) is 4. The highest BCUT2D eigenvalue weighted by Gasteiger charge is 2.50. The van der Waals surface area contributed by atoms with Gasteiger partial charge in [0.15, 0.2) is 11.1 Å². The Morgan fingerprint density at radius 3 is 2.57 bits per heavy atom. The van der Waals surface area contributed by atoms with Crippen molar-refractivity contribution < 1.29 is 9.15 Å². The summed E-state index contributed by atoms with van der Waals surface area (Å²) in [5, 5.41) is 0. The largest absolute Gasteiger partial charge is 0.494 e. The Bertz CT molecular complexity index is 801. The van der Waals surface area contributed by atoms with Crippen molar-refractivity contribution in [2.75, 3.05) is 12.8 Å². The standard InChI is InChI=1S/C17H16N2O2/c1-20-13-3-2-4-14-15(13)19-16(21-14)17(9-10-17)11-5-7-12(18)8-6-11/h2-8H,9-10,18H2,1H3. The maximum absolute atomic E-state index is 6.00. The molecule has 2 aromatic carbocycles. The Labute approximate surface area is 122 Å². The summed E-state index contributed by atoms with van der Waals surface area (Å²) in [5.41, 5.74) is 9.21. The molecular formula is C17H16N2O2. The predicted molar refractivity (Wildman–Crippen MR) is 81.4 cm³/mol. The summed E-state index contributed by atoms with van der Waals surface area (Å²) in [6.07, 6.45) is 2.10. The molecule has 21 heavy (non-hydrogen) atoms. The van der Waals surface area contributed by atoms with Gasteiger partial charge in [0.1, 0.15) is 5.75 Å². The molecule has 3 aromatic rings. The highest BCUT2D eigenvalue weighted by Crippen LogP contribution is 2.53. The van der Waals surface area contributed by atoms with Crippen LogP contribution in [0, 0.1) is 0 Å². The summed E-state index contributed by atoms with van der Waals surface area (Å²) < 4.78 is 11.4. The van der Waals surface area contributed by atoms with Crippen LogP contribution in [0.2, 0.25) is 0 Å². The van der Waals surface area contributed by atoms with Crippen LogP contribution in [0.4, 0.5) is 5.69 Å². The number of para-hydroxylation sites is 1. The van der Waals surface area contributed by atoms with Gasteiger partial charge in [0.25, 0.3) is 0 Å². The second kappa shape index (κ2) is 4.25. The van der Waals surface area contributed by atoms with Crippen molar-refractivity contribution in [3.05, 3.63) is 53.9 Å². The maximum Gasteiger partial charge on any atom is 0.206 e. The van der Waals surface area contributed by atoms with Crippen molar-refractivity contribution >= 4 is 16.8 Å². The smallest absolute Gasteiger partial charge is 0.206 e. The number of nitrogen functional groups attached to an aromatic ring is 1. The molecular weight excluding hydrogens is 264 g/mol. The molecule has 1 aliphatic carbocycles. The van der Waals surface area contributed by atoms with E-state index in [-0.39, 0.29) is 5.41 Å². The average Bonchev–Trinajstić information content (AvgIpc) is 3.20. The van der Waals surface area contributed by atoms with E-state index in [1.54, 1.807) is 7.11 Å². The molecule has 4 rings (SSSR count). The topological polar surface area (TPSA) is 61.3 Å². The van der Waals surface area contributed by atoms with Crippen LogP contribution < -0.4 is 10.5 Å². The molecule has 1 heterocycles. The van der Waals surface area contributed by atoms with E-state index in [2.05, 4.69) is 12.1 Å². The normalized spacial score (nSPS) is 16.0. The second-order valence-corrected chi connectivity index (χ2v) is 5.53. The molecule has 0 radical (unpaired) electrons. The number of rotatable bonds is 3. The van der Waals surface area contributed by atoms with Crippen LogP contribution in [0.25, 0.3) is 11.1 Å². The maximum atomic E-state index is 6.00. The van der Waals surface area contributed by atoms with Crippen LogP contribution in [-0.2, 0) is 5.41 Å². The van der Waals surface area contributed by atoms with Gasteiger partial charge in [0.05, 0.1) is 12.5 Å². The Morgan fingerprint density at radius 1 is 1.14 bits per heavy atom. The molecule has 0 atom stereocenters. The number of anilines is 1. The van der Waals surface area contributed by atoms with Crippen molar-refractivity contribution in [3.63, 3.8) is 0 Å². The first-order chi connectivity index (χ1) is 10.2. The van der Waals surface area contributed by atoms with Gasteiger partial charge in [-0.2, -0.15) is 0 Å². The fraction of sp³-hybridized carbons (Fsp3) is 0.235. The van der Waals surface area contributed by atoms with Crippen LogP contribution in [0.15, 0.2) is 46.9 Å². The molecule has 1 aliphatic rings. The monoisotopic (exact) mass is 280 g/mol. The lowest BCUT2D eigenvalue weighted by Crippen LogP contribution is -2.09. The average molecular weight is 280 g/mol. The molecule has 1 aromatic heterocycles. The van der Waals surface area contributed by atoms with Crippen molar-refractivity contribution in [2.45, 2.75) is 18.3 Å². The number of nitrogens with two attached hydrogens (primary N) is 1. The van der Waals surface area contributed by atoms with Crippen molar-refractivity contribution in [1.82, 2.24) is 4.98 Å². The molecule has 4 heteroatoms. The van der Waals surface area contributed by atoms with E-state index in [4.69, 9.17) is 19.9 Å². The fourth-order valence-electron chi connectivity index (χ4n) is 2.85. The third-order valence-corrected chi connectivity index (χ3v) is 4.22. The van der Waals surface area contributed by atoms with Crippen LogP contribution >= 0.6 is 0 Å². The lowest BCUT2D eigenvalue weighted by atomic mass is 9.96. The zero-order valence-corrected chi connectivity index (χ0v) is 11.8. The summed E-state index contributed by atoms with van der Waals surface area (Å²) >= 11 is 0. The lowest BCUT2D eigenvalue weighted by molar-refractivity contribution is 0.419. The molecule has 0 unspecified atom stereocenters. The van der Waals surface area contributed by atoms with E-state index in [9.17, 15) is 0 Å². The van der Waals surface area contributed by atoms with E-state index in [0.717, 1.165) is 41.3 Å². The first-order valence-electron chi connectivity index (χ1n) is 7.03. The molecule has 0 amide bonds. The molecule has 1 saturated carbocycles. The van der Waals surface area contributed by atoms with Crippen LogP contribution in [0.1, 0.15) is 24.3 Å². The predicted octanol–water partition coefficient (Wildman–Crippen LogP) is 3.50. The minimum atomic E-state index is -0.0995. The fourth-order valence-corrected chi connectivity index (χ4v) is 2.85. The summed E-state index contributed by atoms with van der Waals surface area (Å²) in [5.74, 6) is 1.52. The minimum absolute atomic E-state index is 0.0995. The number of nitrogens with zero attached hydrogens (tertiary/aromatic N) is 1. The molecule has 4 nitrogen and oxygen atoms in total. The van der Waals surface area contributed by atoms with E-state index in [1.165, 1.54) is 5.56 Å². The van der Waals surface area contributed by atoms with Crippen LogP contribution in [0.5, 0.6) is 5.75 Å². The molecule has 0 aliphatic heterocycles. The number of fused-ring (bicyclic) bond motifs is 1. The first-order valence-corrected chi connectivity index (χ1v) is 7.03. The number of oxazole rings is 1. The van der Waals surface area contributed by atoms with E-state index in [1.807, 2.05) is 30.3 Å². The molecule has 2 N–H and O–H groups in total. The number of aromatic nitrogens is 1. The van der Waals surface area contributed by atoms with Crippen molar-refractivity contribution in [1.29, 1.82) is 0 Å². The third-order valence-electron chi connectivity index (χ3n) is 4.22. The molecule has 0 spiro atoms. The third kappa shape index (κ3) is 1.79. The highest BCUT2D eigenvalue weighted by molar-refractivity contribution is 5.80. The van der Waals surface area contributed by atoms with Gasteiger partial charge in [0.2, 0.25) is 5.89 Å². The number of ether oxygens (including phenoxy) is 1. The van der Waals surface area contributed by atoms with Crippen molar-refractivity contribution in [2.24, 2.45) is 0 Å². The number of hydrogen-bond donors (Lipinski definition) is 1. The SMILES string of the molecule is COc1cccc2oc(C3(c4ccc(N)cc4)CC3)nc12. The van der Waals surface area contributed by atoms with E-state index >= 15 is 0 Å². The van der Waals surface area contributed by atoms with Crippen LogP contribution in [0.3, 0.4) is 0 Å². The van der Waals surface area contributed by atoms with Crippen LogP contribution in [-0.4, -0.2) is 12.1 Å². The van der Waals surface area contributed by atoms with Gasteiger partial charge in [0, 0.05) is 5.69 Å². The first kappa shape index (κ1) is 12.3. The van der Waals surface area contributed by atoms with E-state index < -0.39 is 0 Å². The van der Waals surface area contributed by atoms with Gasteiger partial charge >= 0.3 is 0 Å². The molecule has 1 fully saturated rings.